The van der Waals surface area contributed by atoms with Crippen LogP contribution in [0.25, 0.3) is 11.4 Å². The molecular weight excluding hydrogens is 195 g/mol. The van der Waals surface area contributed by atoms with Gasteiger partial charge in [0.15, 0.2) is 0 Å². The second-order valence-electron chi connectivity index (χ2n) is 3.50. The van der Waals surface area contributed by atoms with Crippen molar-refractivity contribution in [3.8, 4) is 17.3 Å². The Morgan fingerprint density at radius 2 is 2.13 bits per heavy atom. The van der Waals surface area contributed by atoms with Crippen LogP contribution in [0.5, 0.6) is 5.88 Å². The van der Waals surface area contributed by atoms with Gasteiger partial charge >= 0.3 is 0 Å². The van der Waals surface area contributed by atoms with E-state index in [0.717, 1.165) is 0 Å². The molecule has 0 radical (unpaired) electrons. The Hall–Kier alpha value is -1.84. The lowest BCUT2D eigenvalue weighted by molar-refractivity contribution is 0.456. The van der Waals surface area contributed by atoms with Gasteiger partial charge in [0.2, 0.25) is 5.88 Å². The molecule has 0 fully saturated rings. The highest BCUT2D eigenvalue weighted by Crippen LogP contribution is 2.22. The summed E-state index contributed by atoms with van der Waals surface area (Å²) in [5.74, 6) is 0.217. The van der Waals surface area contributed by atoms with Crippen LogP contribution in [0.2, 0.25) is 0 Å². The summed E-state index contributed by atoms with van der Waals surface area (Å²) >= 11 is 0. The molecule has 1 heterocycles. The fourth-order valence-electron chi connectivity index (χ4n) is 1.45. The van der Waals surface area contributed by atoms with Crippen molar-refractivity contribution in [3.05, 3.63) is 35.8 Å². The first-order chi connectivity index (χ1) is 7.08. The fraction of sp³-hybridized carbons (Fsp3) is 0.182. The zero-order valence-corrected chi connectivity index (χ0v) is 8.53. The molecule has 4 heteroatoms. The van der Waals surface area contributed by atoms with Crippen LogP contribution in [-0.2, 0) is 7.05 Å². The second-order valence-corrected chi connectivity index (χ2v) is 3.50. The molecule has 15 heavy (non-hydrogen) atoms. The van der Waals surface area contributed by atoms with E-state index >= 15 is 0 Å². The van der Waals surface area contributed by atoms with Crippen molar-refractivity contribution >= 4 is 0 Å². The van der Waals surface area contributed by atoms with Crippen molar-refractivity contribution in [3.63, 3.8) is 0 Å². The minimum absolute atomic E-state index is 0.0616. The second kappa shape index (κ2) is 3.38. The van der Waals surface area contributed by atoms with Crippen molar-refractivity contribution in [2.45, 2.75) is 6.92 Å². The molecular formula is C11H11FN2O. The summed E-state index contributed by atoms with van der Waals surface area (Å²) in [6, 6.07) is 4.88. The molecule has 0 amide bonds. The Bertz CT molecular complexity index is 505. The van der Waals surface area contributed by atoms with E-state index < -0.39 is 0 Å². The Balaban J connectivity index is 2.54. The first-order valence-electron chi connectivity index (χ1n) is 4.57. The average molecular weight is 206 g/mol. The predicted octanol–water partition coefficient (Wildman–Crippen LogP) is 2.24. The molecule has 1 aromatic carbocycles. The van der Waals surface area contributed by atoms with Crippen LogP contribution in [0.3, 0.4) is 0 Å². The van der Waals surface area contributed by atoms with Crippen LogP contribution in [-0.4, -0.2) is 14.7 Å². The van der Waals surface area contributed by atoms with Crippen LogP contribution >= 0.6 is 0 Å². The fourth-order valence-corrected chi connectivity index (χ4v) is 1.45. The molecule has 2 aromatic rings. The first-order valence-corrected chi connectivity index (χ1v) is 4.57. The Labute approximate surface area is 86.8 Å². The first kappa shape index (κ1) is 9.71. The van der Waals surface area contributed by atoms with Gasteiger partial charge in [-0.05, 0) is 18.6 Å². The topological polar surface area (TPSA) is 38.1 Å². The van der Waals surface area contributed by atoms with Gasteiger partial charge in [0.05, 0.1) is 6.20 Å². The maximum atomic E-state index is 13.3. The van der Waals surface area contributed by atoms with Crippen LogP contribution in [0.4, 0.5) is 4.39 Å². The summed E-state index contributed by atoms with van der Waals surface area (Å²) < 4.78 is 15.0. The highest BCUT2D eigenvalue weighted by Gasteiger charge is 2.08. The largest absolute Gasteiger partial charge is 0.492 e. The number of hydrogen-bond donors (Lipinski definition) is 1. The highest BCUT2D eigenvalue weighted by atomic mass is 19.1. The standard InChI is InChI=1S/C11H11FN2O/c1-7-3-4-8(5-9(7)12)11-13-10(15)6-14(11)2/h3-6,15H,1-2H3. The number of hydrogen-bond acceptors (Lipinski definition) is 2. The number of aryl methyl sites for hydroxylation is 2. The van der Waals surface area contributed by atoms with Gasteiger partial charge in [-0.15, -0.1) is 0 Å². The van der Waals surface area contributed by atoms with E-state index in [4.69, 9.17) is 0 Å². The number of aromatic hydroxyl groups is 1. The van der Waals surface area contributed by atoms with Gasteiger partial charge in [-0.1, -0.05) is 12.1 Å². The van der Waals surface area contributed by atoms with E-state index in [9.17, 15) is 9.50 Å². The summed E-state index contributed by atoms with van der Waals surface area (Å²) in [7, 11) is 1.75. The third-order valence-electron chi connectivity index (χ3n) is 2.29. The van der Waals surface area contributed by atoms with Crippen LogP contribution < -0.4 is 0 Å². The van der Waals surface area contributed by atoms with Crippen LogP contribution in [0.15, 0.2) is 24.4 Å². The molecule has 0 aliphatic heterocycles. The summed E-state index contributed by atoms with van der Waals surface area (Å²) in [6.07, 6.45) is 1.48. The van der Waals surface area contributed by atoms with Gasteiger partial charge < -0.3 is 9.67 Å². The minimum Gasteiger partial charge on any atom is -0.492 e. The molecule has 0 saturated heterocycles. The lowest BCUT2D eigenvalue weighted by atomic mass is 10.1. The molecule has 0 atom stereocenters. The molecule has 3 nitrogen and oxygen atoms in total. The zero-order valence-electron chi connectivity index (χ0n) is 8.53. The lowest BCUT2D eigenvalue weighted by Gasteiger charge is -2.02. The zero-order chi connectivity index (χ0) is 11.0. The molecule has 1 N–H and O–H groups in total. The molecule has 0 unspecified atom stereocenters. The number of imidazole rings is 1. The van der Waals surface area contributed by atoms with Crippen LogP contribution in [0, 0.1) is 12.7 Å². The van der Waals surface area contributed by atoms with Gasteiger partial charge in [0.25, 0.3) is 0 Å². The van der Waals surface area contributed by atoms with Crippen molar-refractivity contribution in [2.75, 3.05) is 0 Å². The summed E-state index contributed by atoms with van der Waals surface area (Å²) in [5.41, 5.74) is 1.25. The van der Waals surface area contributed by atoms with E-state index in [1.807, 2.05) is 0 Å². The van der Waals surface area contributed by atoms with Crippen molar-refractivity contribution in [1.82, 2.24) is 9.55 Å². The van der Waals surface area contributed by atoms with Crippen LogP contribution in [0.1, 0.15) is 5.56 Å². The normalized spacial score (nSPS) is 10.6. The molecule has 2 rings (SSSR count). The number of rotatable bonds is 1. The van der Waals surface area contributed by atoms with E-state index in [0.29, 0.717) is 17.0 Å². The summed E-state index contributed by atoms with van der Waals surface area (Å²) in [6.45, 7) is 1.70. The molecule has 78 valence electrons. The average Bonchev–Trinajstić information content (AvgIpc) is 2.50. The summed E-state index contributed by atoms with van der Waals surface area (Å²) in [5, 5.41) is 9.19. The molecule has 0 spiro atoms. The maximum Gasteiger partial charge on any atom is 0.229 e. The van der Waals surface area contributed by atoms with Gasteiger partial charge in [-0.2, -0.15) is 4.98 Å². The van der Waals surface area contributed by atoms with Crippen molar-refractivity contribution in [2.24, 2.45) is 7.05 Å². The monoisotopic (exact) mass is 206 g/mol. The highest BCUT2D eigenvalue weighted by molar-refractivity contribution is 5.57. The van der Waals surface area contributed by atoms with Gasteiger partial charge in [-0.25, -0.2) is 4.39 Å². The SMILES string of the molecule is Cc1ccc(-c2nc(O)cn2C)cc1F. The third kappa shape index (κ3) is 1.70. The number of halogens is 1. The van der Waals surface area contributed by atoms with E-state index in [1.54, 1.807) is 30.7 Å². The molecule has 0 bridgehead atoms. The van der Waals surface area contributed by atoms with E-state index in [-0.39, 0.29) is 11.7 Å². The Kier molecular flexibility index (Phi) is 2.19. The van der Waals surface area contributed by atoms with Gasteiger partial charge in [0, 0.05) is 12.6 Å². The lowest BCUT2D eigenvalue weighted by Crippen LogP contribution is -1.92. The van der Waals surface area contributed by atoms with E-state index in [2.05, 4.69) is 4.98 Å². The smallest absolute Gasteiger partial charge is 0.229 e. The Morgan fingerprint density at radius 1 is 1.40 bits per heavy atom. The molecule has 0 saturated carbocycles. The Morgan fingerprint density at radius 3 is 2.67 bits per heavy atom. The number of benzene rings is 1. The minimum atomic E-state index is -0.269. The van der Waals surface area contributed by atoms with Crippen molar-refractivity contribution in [1.29, 1.82) is 0 Å². The molecule has 0 aliphatic carbocycles. The van der Waals surface area contributed by atoms with Gasteiger partial charge in [-0.3, -0.25) is 0 Å². The van der Waals surface area contributed by atoms with Gasteiger partial charge in [0.1, 0.15) is 11.6 Å². The summed E-state index contributed by atoms with van der Waals surface area (Å²) in [4.78, 5) is 3.90. The molecule has 1 aromatic heterocycles. The number of nitrogens with zero attached hydrogens (tertiary/aromatic N) is 2. The quantitative estimate of drug-likeness (QED) is 0.777. The third-order valence-corrected chi connectivity index (χ3v) is 2.29. The maximum absolute atomic E-state index is 13.3. The van der Waals surface area contributed by atoms with E-state index in [1.165, 1.54) is 12.3 Å². The molecule has 0 aliphatic rings. The van der Waals surface area contributed by atoms with Crippen molar-refractivity contribution < 1.29 is 9.50 Å². The number of aromatic nitrogens is 2. The predicted molar refractivity (Wildman–Crippen MR) is 55.0 cm³/mol.